The molecule has 0 unspecified atom stereocenters. The van der Waals surface area contributed by atoms with Crippen LogP contribution in [0.25, 0.3) is 6.08 Å². The van der Waals surface area contributed by atoms with Gasteiger partial charge in [0.2, 0.25) is 0 Å². The zero-order valence-electron chi connectivity index (χ0n) is 11.2. The van der Waals surface area contributed by atoms with Crippen LogP contribution >= 0.6 is 0 Å². The number of nitrogen functional groups attached to an aromatic ring is 1. The molecule has 102 valence electrons. The molecule has 1 heterocycles. The summed E-state index contributed by atoms with van der Waals surface area (Å²) in [5, 5.41) is 3.26. The first kappa shape index (κ1) is 13.6. The molecule has 4 heteroatoms. The van der Waals surface area contributed by atoms with Gasteiger partial charge in [-0.1, -0.05) is 12.1 Å². The summed E-state index contributed by atoms with van der Waals surface area (Å²) in [6, 6.07) is 5.50. The number of anilines is 1. The zero-order valence-corrected chi connectivity index (χ0v) is 11.2. The van der Waals surface area contributed by atoms with Gasteiger partial charge in [0.05, 0.1) is 12.8 Å². The molecule has 0 aromatic heterocycles. The van der Waals surface area contributed by atoms with E-state index in [2.05, 4.69) is 5.32 Å². The highest BCUT2D eigenvalue weighted by atomic mass is 16.5. The number of ether oxygens (including phenoxy) is 1. The molecular weight excluding hydrogens is 240 g/mol. The number of hydrogen-bond donors (Lipinski definition) is 2. The van der Waals surface area contributed by atoms with Gasteiger partial charge in [-0.2, -0.15) is 0 Å². The number of nitrogens with two attached hydrogens (primary N) is 1. The van der Waals surface area contributed by atoms with Crippen LogP contribution in [0, 0.1) is 5.92 Å². The van der Waals surface area contributed by atoms with Crippen molar-refractivity contribution >= 4 is 17.5 Å². The molecule has 19 heavy (non-hydrogen) atoms. The lowest BCUT2D eigenvalue weighted by Crippen LogP contribution is -2.31. The average Bonchev–Trinajstić information content (AvgIpc) is 2.47. The third-order valence-corrected chi connectivity index (χ3v) is 3.44. The number of carbonyl (C=O) groups excluding carboxylic acids is 1. The third-order valence-electron chi connectivity index (χ3n) is 3.44. The molecule has 0 atom stereocenters. The maximum absolute atomic E-state index is 12.0. The van der Waals surface area contributed by atoms with Crippen molar-refractivity contribution in [1.82, 2.24) is 5.32 Å². The van der Waals surface area contributed by atoms with Crippen LogP contribution in [0.1, 0.15) is 18.4 Å². The highest BCUT2D eigenvalue weighted by molar-refractivity contribution is 5.95. The zero-order chi connectivity index (χ0) is 13.7. The number of hydrogen-bond acceptors (Lipinski definition) is 4. The van der Waals surface area contributed by atoms with Crippen LogP contribution in [0.4, 0.5) is 5.69 Å². The maximum atomic E-state index is 12.0. The molecule has 4 nitrogen and oxygen atoms in total. The Morgan fingerprint density at radius 1 is 1.42 bits per heavy atom. The quantitative estimate of drug-likeness (QED) is 0.640. The summed E-state index contributed by atoms with van der Waals surface area (Å²) in [6.07, 6.45) is 5.34. The van der Waals surface area contributed by atoms with Crippen molar-refractivity contribution in [3.05, 3.63) is 29.8 Å². The summed E-state index contributed by atoms with van der Waals surface area (Å²) in [7, 11) is 1.58. The summed E-state index contributed by atoms with van der Waals surface area (Å²) < 4.78 is 5.16. The maximum Gasteiger partial charge on any atom is 0.158 e. The molecular formula is C15H20N2O2. The summed E-state index contributed by atoms with van der Waals surface area (Å²) in [5.74, 6) is 1.00. The Morgan fingerprint density at radius 3 is 2.84 bits per heavy atom. The number of rotatable bonds is 4. The summed E-state index contributed by atoms with van der Waals surface area (Å²) >= 11 is 0. The van der Waals surface area contributed by atoms with Crippen LogP contribution in [0.3, 0.4) is 0 Å². The molecule has 1 aliphatic rings. The first-order chi connectivity index (χ1) is 9.20. The van der Waals surface area contributed by atoms with E-state index in [-0.39, 0.29) is 11.7 Å². The minimum absolute atomic E-state index is 0.160. The fourth-order valence-corrected chi connectivity index (χ4v) is 2.25. The SMILES string of the molecule is COc1cc(C=CC(=O)C2CCNCC2)ccc1N. The van der Waals surface area contributed by atoms with Crippen LogP contribution in [-0.4, -0.2) is 26.0 Å². The van der Waals surface area contributed by atoms with Gasteiger partial charge in [0.25, 0.3) is 0 Å². The number of benzene rings is 1. The second-order valence-corrected chi connectivity index (χ2v) is 4.76. The van der Waals surface area contributed by atoms with Gasteiger partial charge >= 0.3 is 0 Å². The van der Waals surface area contributed by atoms with Crippen molar-refractivity contribution in [2.75, 3.05) is 25.9 Å². The molecule has 1 fully saturated rings. The van der Waals surface area contributed by atoms with Gasteiger partial charge < -0.3 is 15.8 Å². The predicted octanol–water partition coefficient (Wildman–Crippen LogP) is 1.86. The topological polar surface area (TPSA) is 64.3 Å². The van der Waals surface area contributed by atoms with Gasteiger partial charge in [-0.25, -0.2) is 0 Å². The fraction of sp³-hybridized carbons (Fsp3) is 0.400. The summed E-state index contributed by atoms with van der Waals surface area (Å²) in [6.45, 7) is 1.86. The molecule has 0 aliphatic carbocycles. The Balaban J connectivity index is 2.03. The second kappa shape index (κ2) is 6.38. The van der Waals surface area contributed by atoms with Crippen LogP contribution in [0.15, 0.2) is 24.3 Å². The number of methoxy groups -OCH3 is 1. The highest BCUT2D eigenvalue weighted by Gasteiger charge is 2.18. The molecule has 0 saturated carbocycles. The van der Waals surface area contributed by atoms with E-state index in [0.29, 0.717) is 11.4 Å². The Morgan fingerprint density at radius 2 is 2.16 bits per heavy atom. The van der Waals surface area contributed by atoms with Crippen molar-refractivity contribution in [2.24, 2.45) is 5.92 Å². The van der Waals surface area contributed by atoms with E-state index in [9.17, 15) is 4.79 Å². The van der Waals surface area contributed by atoms with Crippen LogP contribution in [0.5, 0.6) is 5.75 Å². The van der Waals surface area contributed by atoms with E-state index in [1.54, 1.807) is 19.3 Å². The number of ketones is 1. The molecule has 1 aromatic carbocycles. The van der Waals surface area contributed by atoms with Crippen molar-refractivity contribution in [3.63, 3.8) is 0 Å². The van der Waals surface area contributed by atoms with Gasteiger partial charge in [0.1, 0.15) is 5.75 Å². The Bertz CT molecular complexity index is 477. The molecule has 0 radical (unpaired) electrons. The lowest BCUT2D eigenvalue weighted by atomic mass is 9.93. The van der Waals surface area contributed by atoms with Gasteiger partial charge in [0.15, 0.2) is 5.78 Å². The van der Waals surface area contributed by atoms with E-state index < -0.39 is 0 Å². The third kappa shape index (κ3) is 3.58. The van der Waals surface area contributed by atoms with Gasteiger partial charge in [-0.3, -0.25) is 4.79 Å². The first-order valence-electron chi connectivity index (χ1n) is 6.57. The number of allylic oxidation sites excluding steroid dienone is 1. The monoisotopic (exact) mass is 260 g/mol. The lowest BCUT2D eigenvalue weighted by Gasteiger charge is -2.19. The number of piperidine rings is 1. The summed E-state index contributed by atoms with van der Waals surface area (Å²) in [5.41, 5.74) is 7.28. The second-order valence-electron chi connectivity index (χ2n) is 4.76. The molecule has 0 bridgehead atoms. The van der Waals surface area contributed by atoms with E-state index >= 15 is 0 Å². The standard InChI is InChI=1S/C15H20N2O2/c1-19-15-10-11(2-4-13(15)16)3-5-14(18)12-6-8-17-9-7-12/h2-5,10,12,17H,6-9,16H2,1H3. The van der Waals surface area contributed by atoms with Gasteiger partial charge in [-0.15, -0.1) is 0 Å². The lowest BCUT2D eigenvalue weighted by molar-refractivity contribution is -0.118. The van der Waals surface area contributed by atoms with Gasteiger partial charge in [0, 0.05) is 5.92 Å². The molecule has 1 aromatic rings. The minimum Gasteiger partial charge on any atom is -0.495 e. The van der Waals surface area contributed by atoms with E-state index in [1.165, 1.54) is 0 Å². The van der Waals surface area contributed by atoms with Crippen LogP contribution < -0.4 is 15.8 Å². The normalized spacial score (nSPS) is 16.7. The van der Waals surface area contributed by atoms with E-state index in [4.69, 9.17) is 10.5 Å². The van der Waals surface area contributed by atoms with Crippen LogP contribution in [0.2, 0.25) is 0 Å². The smallest absolute Gasteiger partial charge is 0.158 e. The van der Waals surface area contributed by atoms with Crippen molar-refractivity contribution in [3.8, 4) is 5.75 Å². The highest BCUT2D eigenvalue weighted by Crippen LogP contribution is 2.23. The summed E-state index contributed by atoms with van der Waals surface area (Å²) in [4.78, 5) is 12.0. The fourth-order valence-electron chi connectivity index (χ4n) is 2.25. The van der Waals surface area contributed by atoms with Crippen molar-refractivity contribution < 1.29 is 9.53 Å². The molecule has 1 saturated heterocycles. The number of carbonyl (C=O) groups is 1. The van der Waals surface area contributed by atoms with E-state index in [1.807, 2.05) is 18.2 Å². The van der Waals surface area contributed by atoms with Crippen molar-refractivity contribution in [2.45, 2.75) is 12.8 Å². The number of nitrogens with one attached hydrogen (secondary N) is 1. The minimum atomic E-state index is 0.160. The molecule has 3 N–H and O–H groups in total. The average molecular weight is 260 g/mol. The Hall–Kier alpha value is -1.81. The van der Waals surface area contributed by atoms with Crippen molar-refractivity contribution in [1.29, 1.82) is 0 Å². The Labute approximate surface area is 113 Å². The largest absolute Gasteiger partial charge is 0.495 e. The first-order valence-corrected chi connectivity index (χ1v) is 6.57. The van der Waals surface area contributed by atoms with Gasteiger partial charge in [-0.05, 0) is 49.7 Å². The van der Waals surface area contributed by atoms with E-state index in [0.717, 1.165) is 31.5 Å². The molecule has 1 aliphatic heterocycles. The molecule has 0 amide bonds. The molecule has 0 spiro atoms. The van der Waals surface area contributed by atoms with Crippen LogP contribution in [-0.2, 0) is 4.79 Å². The Kier molecular flexibility index (Phi) is 4.58. The molecule has 2 rings (SSSR count). The predicted molar refractivity (Wildman–Crippen MR) is 77.0 cm³/mol.